The smallest absolute Gasteiger partial charge is 0.423 e. The average molecular weight is 163 g/mol. The molecule has 0 aliphatic heterocycles. The Balaban J connectivity index is 2.73. The summed E-state index contributed by atoms with van der Waals surface area (Å²) >= 11 is 0. The van der Waals surface area contributed by atoms with Crippen LogP contribution in [0.25, 0.3) is 10.9 Å². The molecule has 0 fully saturated rings. The maximum atomic E-state index is 8.91. The van der Waals surface area contributed by atoms with Crippen LogP contribution in [0.15, 0.2) is 18.6 Å². The number of rotatable bonds is 1. The van der Waals surface area contributed by atoms with Crippen molar-refractivity contribution in [1.29, 1.82) is 0 Å². The minimum absolute atomic E-state index is 0.362. The normalized spacial score (nSPS) is 10.5. The van der Waals surface area contributed by atoms with Gasteiger partial charge in [-0.2, -0.15) is 5.10 Å². The van der Waals surface area contributed by atoms with E-state index < -0.39 is 7.12 Å². The Bertz CT molecular complexity index is 400. The number of aromatic nitrogens is 3. The summed E-state index contributed by atoms with van der Waals surface area (Å²) in [4.78, 5) is 3.82. The Morgan fingerprint density at radius 1 is 1.25 bits per heavy atom. The summed E-state index contributed by atoms with van der Waals surface area (Å²) < 4.78 is 0. The van der Waals surface area contributed by atoms with Crippen molar-refractivity contribution in [2.24, 2.45) is 0 Å². The molecule has 6 heteroatoms. The van der Waals surface area contributed by atoms with E-state index in [0.717, 1.165) is 0 Å². The number of aromatic amines is 1. The van der Waals surface area contributed by atoms with Crippen molar-refractivity contribution in [2.45, 2.75) is 0 Å². The van der Waals surface area contributed by atoms with E-state index in [-0.39, 0.29) is 0 Å². The van der Waals surface area contributed by atoms with Crippen LogP contribution in [0.3, 0.4) is 0 Å². The summed E-state index contributed by atoms with van der Waals surface area (Å²) in [5.74, 6) is 0. The van der Waals surface area contributed by atoms with Crippen LogP contribution in [0.2, 0.25) is 0 Å². The third kappa shape index (κ3) is 0.974. The van der Waals surface area contributed by atoms with Crippen LogP contribution in [-0.4, -0.2) is 32.3 Å². The predicted octanol–water partition coefficient (Wildman–Crippen LogP) is -1.36. The van der Waals surface area contributed by atoms with Crippen LogP contribution in [0, 0.1) is 0 Å². The molecule has 0 atom stereocenters. The van der Waals surface area contributed by atoms with Crippen molar-refractivity contribution in [3.63, 3.8) is 0 Å². The molecule has 0 aliphatic carbocycles. The zero-order valence-corrected chi connectivity index (χ0v) is 6.10. The van der Waals surface area contributed by atoms with E-state index in [1.807, 2.05) is 0 Å². The Labute approximate surface area is 68.2 Å². The van der Waals surface area contributed by atoms with E-state index in [4.69, 9.17) is 10.0 Å². The quantitative estimate of drug-likeness (QED) is 0.453. The maximum Gasteiger partial charge on any atom is 0.490 e. The van der Waals surface area contributed by atoms with Gasteiger partial charge in [-0.05, 0) is 0 Å². The van der Waals surface area contributed by atoms with Gasteiger partial charge in [-0.3, -0.25) is 10.1 Å². The lowest BCUT2D eigenvalue weighted by Gasteiger charge is -1.98. The highest BCUT2D eigenvalue weighted by molar-refractivity contribution is 6.61. The second-order valence-electron chi connectivity index (χ2n) is 2.43. The molecule has 0 saturated carbocycles. The molecule has 0 saturated heterocycles. The lowest BCUT2D eigenvalue weighted by molar-refractivity contribution is 0.426. The van der Waals surface area contributed by atoms with E-state index in [0.29, 0.717) is 16.4 Å². The predicted molar refractivity (Wildman–Crippen MR) is 43.7 cm³/mol. The minimum Gasteiger partial charge on any atom is -0.423 e. The molecule has 0 bridgehead atoms. The highest BCUT2D eigenvalue weighted by Gasteiger charge is 2.15. The van der Waals surface area contributed by atoms with Crippen LogP contribution in [-0.2, 0) is 0 Å². The van der Waals surface area contributed by atoms with E-state index in [2.05, 4.69) is 15.2 Å². The lowest BCUT2D eigenvalue weighted by Crippen LogP contribution is -2.30. The van der Waals surface area contributed by atoms with Gasteiger partial charge in [-0.1, -0.05) is 0 Å². The summed E-state index contributed by atoms with van der Waals surface area (Å²) in [7, 11) is -1.50. The first-order valence-electron chi connectivity index (χ1n) is 3.42. The molecule has 0 radical (unpaired) electrons. The van der Waals surface area contributed by atoms with Gasteiger partial charge in [-0.15, -0.1) is 0 Å². The fourth-order valence-corrected chi connectivity index (χ4v) is 1.09. The van der Waals surface area contributed by atoms with Gasteiger partial charge in [0.05, 0.1) is 17.9 Å². The van der Waals surface area contributed by atoms with Crippen molar-refractivity contribution in [3.05, 3.63) is 18.6 Å². The number of hydrogen-bond acceptors (Lipinski definition) is 4. The maximum absolute atomic E-state index is 8.91. The number of hydrogen-bond donors (Lipinski definition) is 3. The monoisotopic (exact) mass is 163 g/mol. The molecule has 60 valence electrons. The molecule has 5 nitrogen and oxygen atoms in total. The van der Waals surface area contributed by atoms with Crippen molar-refractivity contribution < 1.29 is 10.0 Å². The lowest BCUT2D eigenvalue weighted by atomic mass is 9.80. The van der Waals surface area contributed by atoms with Crippen LogP contribution >= 0.6 is 0 Å². The van der Waals surface area contributed by atoms with E-state index in [9.17, 15) is 0 Å². The molecule has 0 amide bonds. The van der Waals surface area contributed by atoms with E-state index in [1.165, 1.54) is 12.4 Å². The number of fused-ring (bicyclic) bond motifs is 1. The third-order valence-corrected chi connectivity index (χ3v) is 1.68. The highest BCUT2D eigenvalue weighted by atomic mass is 16.4. The minimum atomic E-state index is -1.50. The van der Waals surface area contributed by atoms with E-state index in [1.54, 1.807) is 6.20 Å². The first-order valence-corrected chi connectivity index (χ1v) is 3.42. The summed E-state index contributed by atoms with van der Waals surface area (Å²) in [6.45, 7) is 0. The molecule has 0 unspecified atom stereocenters. The fourth-order valence-electron chi connectivity index (χ4n) is 1.09. The van der Waals surface area contributed by atoms with Gasteiger partial charge in [-0.25, -0.2) is 0 Å². The molecule has 0 aromatic carbocycles. The molecule has 2 aromatic heterocycles. The van der Waals surface area contributed by atoms with Gasteiger partial charge in [0, 0.05) is 17.0 Å². The van der Waals surface area contributed by atoms with Gasteiger partial charge >= 0.3 is 7.12 Å². The van der Waals surface area contributed by atoms with Crippen LogP contribution in [0.1, 0.15) is 0 Å². The molecule has 0 aliphatic rings. The highest BCUT2D eigenvalue weighted by Crippen LogP contribution is 2.04. The summed E-state index contributed by atoms with van der Waals surface area (Å²) in [5, 5.41) is 24.9. The van der Waals surface area contributed by atoms with Gasteiger partial charge in [0.2, 0.25) is 0 Å². The van der Waals surface area contributed by atoms with Crippen molar-refractivity contribution >= 4 is 23.5 Å². The van der Waals surface area contributed by atoms with Gasteiger partial charge in [0.25, 0.3) is 0 Å². The van der Waals surface area contributed by atoms with Crippen LogP contribution in [0.4, 0.5) is 0 Å². The van der Waals surface area contributed by atoms with E-state index >= 15 is 0 Å². The first-order chi connectivity index (χ1) is 5.79. The SMILES string of the molecule is OB(O)c1cncc2[nH]ncc12. The molecule has 2 rings (SSSR count). The second-order valence-corrected chi connectivity index (χ2v) is 2.43. The first kappa shape index (κ1) is 7.26. The molecule has 3 N–H and O–H groups in total. The zero-order chi connectivity index (χ0) is 8.55. The molecule has 12 heavy (non-hydrogen) atoms. The molecule has 0 spiro atoms. The van der Waals surface area contributed by atoms with Crippen molar-refractivity contribution in [1.82, 2.24) is 15.2 Å². The van der Waals surface area contributed by atoms with Gasteiger partial charge < -0.3 is 10.0 Å². The van der Waals surface area contributed by atoms with Crippen LogP contribution < -0.4 is 5.46 Å². The summed E-state index contributed by atoms with van der Waals surface area (Å²) in [6, 6.07) is 0. The Hall–Kier alpha value is -1.40. The second kappa shape index (κ2) is 2.58. The molecule has 2 heterocycles. The third-order valence-electron chi connectivity index (χ3n) is 1.68. The molecular weight excluding hydrogens is 157 g/mol. The molecule has 2 aromatic rings. The Kier molecular flexibility index (Phi) is 1.56. The van der Waals surface area contributed by atoms with Crippen LogP contribution in [0.5, 0.6) is 0 Å². The summed E-state index contributed by atoms with van der Waals surface area (Å²) in [5.41, 5.74) is 1.06. The Morgan fingerprint density at radius 3 is 2.83 bits per heavy atom. The van der Waals surface area contributed by atoms with Crippen molar-refractivity contribution in [2.75, 3.05) is 0 Å². The zero-order valence-electron chi connectivity index (χ0n) is 6.10. The van der Waals surface area contributed by atoms with Gasteiger partial charge in [0.1, 0.15) is 0 Å². The standard InChI is InChI=1S/C6H6BN3O2/c11-7(12)5-2-8-3-6-4(5)1-9-10-6/h1-3,11-12H,(H,9,10). The number of pyridine rings is 1. The average Bonchev–Trinajstić information content (AvgIpc) is 2.49. The summed E-state index contributed by atoms with van der Waals surface area (Å²) in [6.07, 6.45) is 4.52. The fraction of sp³-hybridized carbons (Fsp3) is 0. The number of H-pyrrole nitrogens is 1. The topological polar surface area (TPSA) is 82.0 Å². The molecular formula is C6H6BN3O2. The Morgan fingerprint density at radius 2 is 2.08 bits per heavy atom. The number of nitrogens with zero attached hydrogens (tertiary/aromatic N) is 2. The van der Waals surface area contributed by atoms with Crippen molar-refractivity contribution in [3.8, 4) is 0 Å². The van der Waals surface area contributed by atoms with Gasteiger partial charge in [0.15, 0.2) is 0 Å². The largest absolute Gasteiger partial charge is 0.490 e. The number of nitrogens with one attached hydrogen (secondary N) is 1.